The summed E-state index contributed by atoms with van der Waals surface area (Å²) in [5.41, 5.74) is 7.81. The molecule has 2 aliphatic rings. The molecule has 0 bridgehead atoms. The molecule has 0 unspecified atom stereocenters. The van der Waals surface area contributed by atoms with Crippen LogP contribution in [0.25, 0.3) is 0 Å². The number of nitrogens with zero attached hydrogens (tertiary/aromatic N) is 1. The number of hydrogen-bond donors (Lipinski definition) is 2. The first-order chi connectivity index (χ1) is 17.4. The number of halogens is 2. The van der Waals surface area contributed by atoms with E-state index < -0.39 is 0 Å². The first kappa shape index (κ1) is 24.6. The molecule has 2 N–H and O–H groups in total. The highest BCUT2D eigenvalue weighted by atomic mass is 35.5. The zero-order valence-electron chi connectivity index (χ0n) is 20.0. The molecule has 5 rings (SSSR count). The first-order valence-corrected chi connectivity index (χ1v) is 13.2. The molecule has 0 saturated carbocycles. The number of hydrogen-bond acceptors (Lipinski definition) is 4. The summed E-state index contributed by atoms with van der Waals surface area (Å²) in [4.78, 5) is 13.6. The molecule has 1 aliphatic carbocycles. The van der Waals surface area contributed by atoms with E-state index in [0.717, 1.165) is 33.8 Å². The van der Waals surface area contributed by atoms with Crippen LogP contribution in [0.1, 0.15) is 48.9 Å². The van der Waals surface area contributed by atoms with Crippen LogP contribution in [-0.2, 0) is 4.79 Å². The van der Waals surface area contributed by atoms with Gasteiger partial charge in [-0.15, -0.1) is 11.8 Å². The third-order valence-electron chi connectivity index (χ3n) is 6.84. The molecular formula is C29H27ClFN3OS. The summed E-state index contributed by atoms with van der Waals surface area (Å²) in [6.07, 6.45) is 5.47. The third kappa shape index (κ3) is 5.20. The number of hydrazone groups is 1. The maximum Gasteiger partial charge on any atom is 0.253 e. The zero-order valence-corrected chi connectivity index (χ0v) is 21.6. The van der Waals surface area contributed by atoms with Gasteiger partial charge in [-0.3, -0.25) is 4.79 Å². The van der Waals surface area contributed by atoms with Gasteiger partial charge in [0.25, 0.3) is 5.91 Å². The van der Waals surface area contributed by atoms with Crippen LogP contribution in [-0.4, -0.2) is 16.9 Å². The Balaban J connectivity index is 1.30. The molecule has 36 heavy (non-hydrogen) atoms. The van der Waals surface area contributed by atoms with Crippen molar-refractivity contribution >= 4 is 40.7 Å². The van der Waals surface area contributed by atoms with Crippen LogP contribution >= 0.6 is 23.4 Å². The molecule has 3 aromatic carbocycles. The van der Waals surface area contributed by atoms with Crippen LogP contribution in [0.3, 0.4) is 0 Å². The minimum atomic E-state index is -0.303. The molecule has 3 aromatic rings. The Hall–Kier alpha value is -3.09. The molecule has 4 atom stereocenters. The molecule has 1 heterocycles. The maximum absolute atomic E-state index is 13.5. The van der Waals surface area contributed by atoms with Crippen molar-refractivity contribution < 1.29 is 9.18 Å². The van der Waals surface area contributed by atoms with Crippen LogP contribution in [0.5, 0.6) is 0 Å². The van der Waals surface area contributed by atoms with Crippen molar-refractivity contribution in [3.05, 3.63) is 106 Å². The van der Waals surface area contributed by atoms with Gasteiger partial charge in [-0.25, -0.2) is 9.82 Å². The maximum atomic E-state index is 13.5. The molecule has 7 heteroatoms. The van der Waals surface area contributed by atoms with E-state index in [1.54, 1.807) is 0 Å². The van der Waals surface area contributed by atoms with E-state index in [1.807, 2.05) is 56.3 Å². The molecule has 1 amide bonds. The van der Waals surface area contributed by atoms with Gasteiger partial charge in [0, 0.05) is 21.5 Å². The van der Waals surface area contributed by atoms with Crippen molar-refractivity contribution in [2.75, 3.05) is 5.32 Å². The summed E-state index contributed by atoms with van der Waals surface area (Å²) < 4.78 is 13.5. The number of carbonyl (C=O) groups is 1. The van der Waals surface area contributed by atoms with Crippen LogP contribution in [0.15, 0.2) is 88.9 Å². The number of thioether (sulfide) groups is 1. The number of allylic oxidation sites excluding steroid dienone is 2. The average Bonchev–Trinajstić information content (AvgIpc) is 3.38. The summed E-state index contributed by atoms with van der Waals surface area (Å²) in [7, 11) is 0. The molecule has 0 spiro atoms. The van der Waals surface area contributed by atoms with Crippen molar-refractivity contribution in [3.63, 3.8) is 0 Å². The van der Waals surface area contributed by atoms with Crippen molar-refractivity contribution in [1.82, 2.24) is 5.43 Å². The Morgan fingerprint density at radius 3 is 2.64 bits per heavy atom. The molecule has 184 valence electrons. The molecular weight excluding hydrogens is 493 g/mol. The minimum Gasteiger partial charge on any atom is -0.378 e. The lowest BCUT2D eigenvalue weighted by Crippen LogP contribution is -2.29. The largest absolute Gasteiger partial charge is 0.378 e. The highest BCUT2D eigenvalue weighted by Gasteiger charge is 2.38. The van der Waals surface area contributed by atoms with Crippen molar-refractivity contribution in [3.8, 4) is 0 Å². The number of anilines is 1. The van der Waals surface area contributed by atoms with Gasteiger partial charge in [-0.2, -0.15) is 5.10 Å². The Morgan fingerprint density at radius 1 is 1.14 bits per heavy atom. The van der Waals surface area contributed by atoms with Crippen LogP contribution in [0, 0.1) is 11.7 Å². The van der Waals surface area contributed by atoms with Gasteiger partial charge >= 0.3 is 0 Å². The second-order valence-electron chi connectivity index (χ2n) is 9.22. The second kappa shape index (κ2) is 10.5. The smallest absolute Gasteiger partial charge is 0.253 e. The molecule has 0 radical (unpaired) electrons. The third-order valence-corrected chi connectivity index (χ3v) is 8.20. The van der Waals surface area contributed by atoms with Crippen LogP contribution in [0.2, 0.25) is 5.02 Å². The summed E-state index contributed by atoms with van der Waals surface area (Å²) >= 11 is 7.40. The predicted molar refractivity (Wildman–Crippen MR) is 146 cm³/mol. The Bertz CT molecular complexity index is 1320. The van der Waals surface area contributed by atoms with Crippen LogP contribution < -0.4 is 10.7 Å². The number of fused-ring (bicyclic) bond motifs is 3. The topological polar surface area (TPSA) is 53.5 Å². The standard InChI is InChI=1S/C29H27ClFN3OS/c1-17(33-34-29(35)18(2)36-23-13-9-21(30)10-14-23)20-8-15-27-26(16-20)24-4-3-5-25(24)28(32-27)19-6-11-22(31)12-7-19/h3-4,6-16,18,24-25,28,32H,5H2,1-2H3,(H,34,35)/b33-17-/t18-,24-,25+,28+/m1/s1. The Kier molecular flexibility index (Phi) is 7.17. The van der Waals surface area contributed by atoms with Gasteiger partial charge in [-0.1, -0.05) is 42.0 Å². The van der Waals surface area contributed by atoms with Gasteiger partial charge in [0.05, 0.1) is 17.0 Å². The Morgan fingerprint density at radius 2 is 1.89 bits per heavy atom. The fourth-order valence-electron chi connectivity index (χ4n) is 4.88. The van der Waals surface area contributed by atoms with Crippen molar-refractivity contribution in [2.24, 2.45) is 11.0 Å². The highest BCUT2D eigenvalue weighted by molar-refractivity contribution is 8.00. The van der Waals surface area contributed by atoms with Crippen molar-refractivity contribution in [1.29, 1.82) is 0 Å². The lowest BCUT2D eigenvalue weighted by atomic mass is 9.76. The average molecular weight is 520 g/mol. The van der Waals surface area contributed by atoms with Gasteiger partial charge in [0.15, 0.2) is 0 Å². The lowest BCUT2D eigenvalue weighted by Gasteiger charge is -2.37. The van der Waals surface area contributed by atoms with Crippen LogP contribution in [0.4, 0.5) is 10.1 Å². The zero-order chi connectivity index (χ0) is 25.2. The van der Waals surface area contributed by atoms with Gasteiger partial charge in [0.2, 0.25) is 0 Å². The number of carbonyl (C=O) groups excluding carboxylic acids is 1. The van der Waals surface area contributed by atoms with E-state index >= 15 is 0 Å². The van der Waals surface area contributed by atoms with Gasteiger partial charge < -0.3 is 5.32 Å². The number of benzene rings is 3. The quantitative estimate of drug-likeness (QED) is 0.155. The predicted octanol–water partition coefficient (Wildman–Crippen LogP) is 7.33. The van der Waals surface area contributed by atoms with E-state index in [9.17, 15) is 9.18 Å². The van der Waals surface area contributed by atoms with E-state index in [-0.39, 0.29) is 28.9 Å². The highest BCUT2D eigenvalue weighted by Crippen LogP contribution is 2.50. The number of rotatable bonds is 6. The molecule has 0 aromatic heterocycles. The van der Waals surface area contributed by atoms with Gasteiger partial charge in [0.1, 0.15) is 5.82 Å². The van der Waals surface area contributed by atoms with E-state index in [4.69, 9.17) is 11.6 Å². The van der Waals surface area contributed by atoms with E-state index in [1.165, 1.54) is 29.5 Å². The molecule has 1 aliphatic heterocycles. The molecule has 4 nitrogen and oxygen atoms in total. The minimum absolute atomic E-state index is 0.123. The number of nitrogens with one attached hydrogen (secondary N) is 2. The summed E-state index contributed by atoms with van der Waals surface area (Å²) in [5.74, 6) is 0.255. The van der Waals surface area contributed by atoms with Crippen molar-refractivity contribution in [2.45, 2.75) is 42.4 Å². The Labute approximate surface area is 220 Å². The molecule has 0 saturated heterocycles. The number of amides is 1. The van der Waals surface area contributed by atoms with E-state index in [0.29, 0.717) is 10.9 Å². The first-order valence-electron chi connectivity index (χ1n) is 12.0. The summed E-state index contributed by atoms with van der Waals surface area (Å²) in [6.45, 7) is 3.76. The summed E-state index contributed by atoms with van der Waals surface area (Å²) in [6, 6.07) is 20.6. The fraction of sp³-hybridized carbons (Fsp3) is 0.241. The fourth-order valence-corrected chi connectivity index (χ4v) is 5.87. The summed E-state index contributed by atoms with van der Waals surface area (Å²) in [5, 5.41) is 8.43. The molecule has 0 fully saturated rings. The monoisotopic (exact) mass is 519 g/mol. The normalized spacial score (nSPS) is 21.3. The van der Waals surface area contributed by atoms with E-state index in [2.05, 4.69) is 40.1 Å². The van der Waals surface area contributed by atoms with Gasteiger partial charge in [-0.05, 0) is 91.4 Å². The lowest BCUT2D eigenvalue weighted by molar-refractivity contribution is -0.120. The second-order valence-corrected chi connectivity index (χ2v) is 11.1. The SMILES string of the molecule is C/C(=N/NC(=O)[C@@H](C)Sc1ccc(Cl)cc1)c1ccc2c(c1)[C@@H]1C=CC[C@@H]1[C@H](c1ccc(F)cc1)N2.